The third-order valence-corrected chi connectivity index (χ3v) is 4.24. The Kier molecular flexibility index (Phi) is 3.77. The lowest BCUT2D eigenvalue weighted by molar-refractivity contribution is 0.894. The molecule has 16 heavy (non-hydrogen) atoms. The summed E-state index contributed by atoms with van der Waals surface area (Å²) in [6.45, 7) is 0. The summed E-state index contributed by atoms with van der Waals surface area (Å²) in [7, 11) is 0. The Labute approximate surface area is 113 Å². The molecule has 0 aliphatic heterocycles. The monoisotopic (exact) mass is 291 g/mol. The third kappa shape index (κ3) is 2.36. The van der Waals surface area contributed by atoms with E-state index in [4.69, 9.17) is 40.5 Å². The normalized spacial score (nSPS) is 12.8. The van der Waals surface area contributed by atoms with E-state index in [1.54, 1.807) is 18.2 Å². The fraction of sp³-hybridized carbons (Fsp3) is 0.0909. The van der Waals surface area contributed by atoms with Gasteiger partial charge in [0.15, 0.2) is 0 Å². The summed E-state index contributed by atoms with van der Waals surface area (Å²) in [6.07, 6.45) is 0. The molecule has 0 saturated carbocycles. The summed E-state index contributed by atoms with van der Waals surface area (Å²) in [5.41, 5.74) is 6.90. The molecule has 2 aromatic rings. The molecule has 1 heterocycles. The van der Waals surface area contributed by atoms with Crippen molar-refractivity contribution in [3.05, 3.63) is 55.2 Å². The minimum atomic E-state index is -0.335. The first-order valence-electron chi connectivity index (χ1n) is 4.53. The van der Waals surface area contributed by atoms with Gasteiger partial charge in [0.2, 0.25) is 0 Å². The van der Waals surface area contributed by atoms with Crippen molar-refractivity contribution in [3.8, 4) is 0 Å². The van der Waals surface area contributed by atoms with Crippen LogP contribution in [-0.4, -0.2) is 0 Å². The van der Waals surface area contributed by atoms with Crippen LogP contribution < -0.4 is 5.73 Å². The van der Waals surface area contributed by atoms with E-state index in [1.165, 1.54) is 11.3 Å². The van der Waals surface area contributed by atoms with Gasteiger partial charge in [0.25, 0.3) is 0 Å². The van der Waals surface area contributed by atoms with Crippen LogP contribution in [0.15, 0.2) is 29.6 Å². The van der Waals surface area contributed by atoms with Crippen molar-refractivity contribution in [1.82, 2.24) is 0 Å². The Balaban J connectivity index is 2.45. The highest BCUT2D eigenvalue weighted by atomic mass is 35.5. The number of thiophene rings is 1. The van der Waals surface area contributed by atoms with Crippen molar-refractivity contribution in [1.29, 1.82) is 0 Å². The molecule has 0 aliphatic carbocycles. The summed E-state index contributed by atoms with van der Waals surface area (Å²) in [4.78, 5) is 0.894. The van der Waals surface area contributed by atoms with E-state index in [0.717, 1.165) is 10.4 Å². The fourth-order valence-corrected chi connectivity index (χ4v) is 3.03. The molecule has 0 radical (unpaired) electrons. The third-order valence-electron chi connectivity index (χ3n) is 2.22. The molecule has 5 heteroatoms. The van der Waals surface area contributed by atoms with E-state index < -0.39 is 0 Å². The highest BCUT2D eigenvalue weighted by Gasteiger charge is 2.16. The van der Waals surface area contributed by atoms with E-state index in [1.807, 2.05) is 11.4 Å². The molecule has 0 fully saturated rings. The molecule has 1 atom stereocenters. The van der Waals surface area contributed by atoms with Gasteiger partial charge in [0.05, 0.1) is 11.1 Å². The van der Waals surface area contributed by atoms with Gasteiger partial charge in [-0.25, -0.2) is 0 Å². The smallest absolute Gasteiger partial charge is 0.0676 e. The van der Waals surface area contributed by atoms with Crippen molar-refractivity contribution in [2.75, 3.05) is 0 Å². The van der Waals surface area contributed by atoms with Crippen LogP contribution >= 0.6 is 46.1 Å². The second kappa shape index (κ2) is 4.94. The lowest BCUT2D eigenvalue weighted by Crippen LogP contribution is -2.11. The van der Waals surface area contributed by atoms with Crippen LogP contribution in [0.5, 0.6) is 0 Å². The lowest BCUT2D eigenvalue weighted by atomic mass is 10.1. The molecule has 2 N–H and O–H groups in total. The Hall–Kier alpha value is -0.250. The van der Waals surface area contributed by atoms with Crippen molar-refractivity contribution >= 4 is 46.1 Å². The molecular formula is C11H8Cl3NS. The largest absolute Gasteiger partial charge is 0.320 e. The first-order chi connectivity index (χ1) is 7.59. The first kappa shape index (κ1) is 12.2. The van der Waals surface area contributed by atoms with Crippen LogP contribution in [0, 0.1) is 0 Å². The summed E-state index contributed by atoms with van der Waals surface area (Å²) in [5.74, 6) is 0. The zero-order valence-corrected chi connectivity index (χ0v) is 11.2. The number of nitrogens with two attached hydrogens (primary N) is 1. The van der Waals surface area contributed by atoms with Crippen LogP contribution in [0.2, 0.25) is 15.1 Å². The summed E-state index contributed by atoms with van der Waals surface area (Å²) in [5, 5.41) is 3.77. The average molecular weight is 293 g/mol. The number of halogens is 3. The van der Waals surface area contributed by atoms with Gasteiger partial charge >= 0.3 is 0 Å². The number of rotatable bonds is 2. The molecule has 0 bridgehead atoms. The molecule has 1 aromatic carbocycles. The van der Waals surface area contributed by atoms with Crippen molar-refractivity contribution in [2.45, 2.75) is 6.04 Å². The minimum Gasteiger partial charge on any atom is -0.320 e. The van der Waals surface area contributed by atoms with E-state index >= 15 is 0 Å². The van der Waals surface area contributed by atoms with E-state index in [2.05, 4.69) is 0 Å². The molecule has 1 nitrogen and oxygen atoms in total. The molecule has 0 amide bonds. The molecule has 0 saturated heterocycles. The summed E-state index contributed by atoms with van der Waals surface area (Å²) >= 11 is 19.5. The summed E-state index contributed by atoms with van der Waals surface area (Å²) < 4.78 is 0. The standard InChI is InChI=1S/C11H8Cl3NS/c12-6-1-2-8(13)7(5-6)10(15)11-9(14)3-4-16-11/h1-5,10H,15H2. The van der Waals surface area contributed by atoms with Crippen LogP contribution in [-0.2, 0) is 0 Å². The Morgan fingerprint density at radius 3 is 2.44 bits per heavy atom. The first-order valence-corrected chi connectivity index (χ1v) is 6.54. The molecule has 1 aromatic heterocycles. The maximum absolute atomic E-state index is 6.11. The Morgan fingerprint density at radius 2 is 1.81 bits per heavy atom. The van der Waals surface area contributed by atoms with Crippen LogP contribution in [0.3, 0.4) is 0 Å². The number of hydrogen-bond acceptors (Lipinski definition) is 2. The SMILES string of the molecule is NC(c1cc(Cl)ccc1Cl)c1sccc1Cl. The van der Waals surface area contributed by atoms with Crippen molar-refractivity contribution < 1.29 is 0 Å². The van der Waals surface area contributed by atoms with Gasteiger partial charge in [0, 0.05) is 14.9 Å². The van der Waals surface area contributed by atoms with E-state index in [0.29, 0.717) is 15.1 Å². The minimum absolute atomic E-state index is 0.335. The Bertz CT molecular complexity index is 510. The van der Waals surface area contributed by atoms with E-state index in [9.17, 15) is 0 Å². The number of benzene rings is 1. The quantitative estimate of drug-likeness (QED) is 0.849. The predicted octanol–water partition coefficient (Wildman–Crippen LogP) is 4.76. The zero-order valence-electron chi connectivity index (χ0n) is 8.08. The van der Waals surface area contributed by atoms with Gasteiger partial charge in [-0.1, -0.05) is 34.8 Å². The molecule has 1 unspecified atom stereocenters. The second-order valence-corrected chi connectivity index (χ2v) is 5.47. The lowest BCUT2D eigenvalue weighted by Gasteiger charge is -2.13. The number of hydrogen-bond donors (Lipinski definition) is 1. The highest BCUT2D eigenvalue weighted by Crippen LogP contribution is 2.35. The molecule has 0 aliphatic rings. The summed E-state index contributed by atoms with van der Waals surface area (Å²) in [6, 6.07) is 6.72. The van der Waals surface area contributed by atoms with Gasteiger partial charge in [-0.05, 0) is 35.2 Å². The highest BCUT2D eigenvalue weighted by molar-refractivity contribution is 7.10. The van der Waals surface area contributed by atoms with Gasteiger partial charge < -0.3 is 5.73 Å². The molecular weight excluding hydrogens is 285 g/mol. The van der Waals surface area contributed by atoms with E-state index in [-0.39, 0.29) is 6.04 Å². The van der Waals surface area contributed by atoms with Gasteiger partial charge in [-0.15, -0.1) is 11.3 Å². The molecule has 2 rings (SSSR count). The van der Waals surface area contributed by atoms with Crippen molar-refractivity contribution in [2.24, 2.45) is 5.73 Å². The van der Waals surface area contributed by atoms with Crippen LogP contribution in [0.4, 0.5) is 0 Å². The van der Waals surface area contributed by atoms with Crippen molar-refractivity contribution in [3.63, 3.8) is 0 Å². The second-order valence-electron chi connectivity index (χ2n) is 3.28. The average Bonchev–Trinajstić information content (AvgIpc) is 2.67. The predicted molar refractivity (Wildman–Crippen MR) is 71.8 cm³/mol. The fourth-order valence-electron chi connectivity index (χ4n) is 1.42. The van der Waals surface area contributed by atoms with Gasteiger partial charge in [-0.3, -0.25) is 0 Å². The van der Waals surface area contributed by atoms with Crippen LogP contribution in [0.25, 0.3) is 0 Å². The Morgan fingerprint density at radius 1 is 1.06 bits per heavy atom. The van der Waals surface area contributed by atoms with Gasteiger partial charge in [-0.2, -0.15) is 0 Å². The van der Waals surface area contributed by atoms with Gasteiger partial charge in [0.1, 0.15) is 0 Å². The molecule has 84 valence electrons. The molecule has 0 spiro atoms. The van der Waals surface area contributed by atoms with Crippen LogP contribution in [0.1, 0.15) is 16.5 Å². The topological polar surface area (TPSA) is 26.0 Å². The maximum Gasteiger partial charge on any atom is 0.0676 e. The maximum atomic E-state index is 6.11. The zero-order chi connectivity index (χ0) is 11.7.